The highest BCUT2D eigenvalue weighted by atomic mass is 16.5. The van der Waals surface area contributed by atoms with E-state index < -0.39 is 0 Å². The number of anilines is 2. The van der Waals surface area contributed by atoms with E-state index in [9.17, 15) is 0 Å². The molecule has 0 radical (unpaired) electrons. The lowest BCUT2D eigenvalue weighted by molar-refractivity contribution is 0.366. The zero-order valence-corrected chi connectivity index (χ0v) is 19.3. The van der Waals surface area contributed by atoms with E-state index in [1.165, 1.54) is 0 Å². The second-order valence-electron chi connectivity index (χ2n) is 8.69. The first kappa shape index (κ1) is 22.3. The van der Waals surface area contributed by atoms with Crippen molar-refractivity contribution < 1.29 is 9.47 Å². The van der Waals surface area contributed by atoms with Gasteiger partial charge in [-0.3, -0.25) is 0 Å². The molecule has 0 bridgehead atoms. The Kier molecular flexibility index (Phi) is 6.27. The average molecular weight is 439 g/mol. The van der Waals surface area contributed by atoms with Crippen LogP contribution in [0.15, 0.2) is 97.1 Å². The minimum atomic E-state index is -0.380. The molecule has 4 N–H and O–H groups in total. The number of para-hydroxylation sites is 2. The highest BCUT2D eigenvalue weighted by molar-refractivity contribution is 5.54. The smallest absolute Gasteiger partial charge is 0.131 e. The molecule has 4 aromatic carbocycles. The van der Waals surface area contributed by atoms with E-state index in [1.54, 1.807) is 0 Å². The second-order valence-corrected chi connectivity index (χ2v) is 8.69. The topological polar surface area (TPSA) is 70.5 Å². The van der Waals surface area contributed by atoms with Crippen molar-refractivity contribution in [1.29, 1.82) is 0 Å². The molecule has 4 aromatic rings. The molecule has 33 heavy (non-hydrogen) atoms. The summed E-state index contributed by atoms with van der Waals surface area (Å²) in [7, 11) is 0. The maximum atomic E-state index is 6.34. The van der Waals surface area contributed by atoms with Gasteiger partial charge in [-0.05, 0) is 66.6 Å². The molecule has 0 aliphatic heterocycles. The van der Waals surface area contributed by atoms with Crippen LogP contribution >= 0.6 is 0 Å². The van der Waals surface area contributed by atoms with E-state index in [2.05, 4.69) is 45.0 Å². The van der Waals surface area contributed by atoms with Crippen LogP contribution < -0.4 is 20.9 Å². The summed E-state index contributed by atoms with van der Waals surface area (Å²) in [6, 6.07) is 31.3. The Labute approximate surface area is 195 Å². The van der Waals surface area contributed by atoms with Crippen LogP contribution in [-0.2, 0) is 5.41 Å². The van der Waals surface area contributed by atoms with E-state index >= 15 is 0 Å². The van der Waals surface area contributed by atoms with E-state index in [-0.39, 0.29) is 11.3 Å². The number of ether oxygens (including phenoxy) is 2. The molecule has 0 amide bonds. The van der Waals surface area contributed by atoms with Crippen molar-refractivity contribution in [2.75, 3.05) is 11.5 Å². The first-order chi connectivity index (χ1) is 15.9. The van der Waals surface area contributed by atoms with Gasteiger partial charge in [-0.15, -0.1) is 0 Å². The lowest BCUT2D eigenvalue weighted by atomic mass is 9.68. The van der Waals surface area contributed by atoms with Gasteiger partial charge in [0.15, 0.2) is 0 Å². The summed E-state index contributed by atoms with van der Waals surface area (Å²) in [4.78, 5) is 0. The number of hydrogen-bond donors (Lipinski definition) is 2. The molecule has 0 saturated carbocycles. The van der Waals surface area contributed by atoms with Crippen molar-refractivity contribution in [2.45, 2.75) is 26.2 Å². The lowest BCUT2D eigenvalue weighted by Gasteiger charge is -2.37. The zero-order chi connectivity index (χ0) is 23.4. The monoisotopic (exact) mass is 438 g/mol. The summed E-state index contributed by atoms with van der Waals surface area (Å²) in [6.07, 6.45) is 0. The van der Waals surface area contributed by atoms with Crippen LogP contribution in [0.2, 0.25) is 0 Å². The first-order valence-electron chi connectivity index (χ1n) is 11.1. The highest BCUT2D eigenvalue weighted by Gasteiger charge is 2.37. The molecule has 0 fully saturated rings. The Bertz CT molecular complexity index is 1120. The van der Waals surface area contributed by atoms with Crippen molar-refractivity contribution >= 4 is 11.4 Å². The quantitative estimate of drug-likeness (QED) is 0.295. The molecule has 0 spiro atoms. The summed E-state index contributed by atoms with van der Waals surface area (Å²) in [6.45, 7) is 6.69. The third kappa shape index (κ3) is 4.65. The van der Waals surface area contributed by atoms with Crippen LogP contribution in [0, 0.1) is 5.92 Å². The van der Waals surface area contributed by atoms with Gasteiger partial charge in [0.2, 0.25) is 0 Å². The molecule has 4 nitrogen and oxygen atoms in total. The van der Waals surface area contributed by atoms with Crippen molar-refractivity contribution in [1.82, 2.24) is 0 Å². The first-order valence-corrected chi connectivity index (χ1v) is 11.1. The zero-order valence-electron chi connectivity index (χ0n) is 19.3. The molecule has 0 unspecified atom stereocenters. The predicted molar refractivity (Wildman–Crippen MR) is 136 cm³/mol. The van der Waals surface area contributed by atoms with Gasteiger partial charge in [-0.1, -0.05) is 57.2 Å². The van der Waals surface area contributed by atoms with Crippen LogP contribution in [-0.4, -0.2) is 0 Å². The summed E-state index contributed by atoms with van der Waals surface area (Å²) in [5.41, 5.74) is 14.9. The average Bonchev–Trinajstić information content (AvgIpc) is 2.82. The van der Waals surface area contributed by atoms with Gasteiger partial charge in [0.1, 0.15) is 23.0 Å². The van der Waals surface area contributed by atoms with Crippen LogP contribution in [0.3, 0.4) is 0 Å². The van der Waals surface area contributed by atoms with E-state index in [0.717, 1.165) is 34.1 Å². The van der Waals surface area contributed by atoms with Crippen molar-refractivity contribution in [3.63, 3.8) is 0 Å². The van der Waals surface area contributed by atoms with Gasteiger partial charge in [0.05, 0.1) is 0 Å². The molecule has 4 rings (SSSR count). The lowest BCUT2D eigenvalue weighted by Crippen LogP contribution is -2.31. The minimum Gasteiger partial charge on any atom is -0.457 e. The number of benzene rings is 4. The van der Waals surface area contributed by atoms with E-state index in [1.807, 2.05) is 72.8 Å². The standard InChI is InChI=1S/C29H30N2O2/c1-20(2)29(3,25-8-4-6-10-27(25)32-23-16-12-21(30)13-17-23)26-9-5-7-11-28(26)33-24-18-14-22(31)15-19-24/h4-20H,30-31H2,1-3H3. The van der Waals surface area contributed by atoms with Gasteiger partial charge in [0.25, 0.3) is 0 Å². The molecule has 0 aliphatic rings. The largest absolute Gasteiger partial charge is 0.457 e. The van der Waals surface area contributed by atoms with Gasteiger partial charge in [-0.2, -0.15) is 0 Å². The molecular weight excluding hydrogens is 408 g/mol. The van der Waals surface area contributed by atoms with E-state index in [0.29, 0.717) is 11.4 Å². The molecule has 0 atom stereocenters. The van der Waals surface area contributed by atoms with Gasteiger partial charge < -0.3 is 20.9 Å². The summed E-state index contributed by atoms with van der Waals surface area (Å²) in [5, 5.41) is 0. The fourth-order valence-corrected chi connectivity index (χ4v) is 4.06. The summed E-state index contributed by atoms with van der Waals surface area (Å²) in [5.74, 6) is 3.36. The van der Waals surface area contributed by atoms with E-state index in [4.69, 9.17) is 20.9 Å². The fourth-order valence-electron chi connectivity index (χ4n) is 4.06. The maximum Gasteiger partial charge on any atom is 0.131 e. The van der Waals surface area contributed by atoms with Crippen molar-refractivity contribution in [3.8, 4) is 23.0 Å². The Balaban J connectivity index is 1.79. The molecular formula is C29H30N2O2. The molecule has 0 aromatic heterocycles. The number of rotatable bonds is 7. The SMILES string of the molecule is CC(C)C(C)(c1ccccc1Oc1ccc(N)cc1)c1ccccc1Oc1ccc(N)cc1. The van der Waals surface area contributed by atoms with Gasteiger partial charge >= 0.3 is 0 Å². The normalized spacial score (nSPS) is 11.4. The Morgan fingerprint density at radius 2 is 0.939 bits per heavy atom. The summed E-state index contributed by atoms with van der Waals surface area (Å²) >= 11 is 0. The third-order valence-electron chi connectivity index (χ3n) is 6.26. The van der Waals surface area contributed by atoms with Crippen LogP contribution in [0.25, 0.3) is 0 Å². The van der Waals surface area contributed by atoms with Gasteiger partial charge in [0, 0.05) is 27.9 Å². The Morgan fingerprint density at radius 1 is 0.576 bits per heavy atom. The Morgan fingerprint density at radius 3 is 1.30 bits per heavy atom. The highest BCUT2D eigenvalue weighted by Crippen LogP contribution is 2.47. The molecule has 0 aliphatic carbocycles. The predicted octanol–water partition coefficient (Wildman–Crippen LogP) is 7.40. The van der Waals surface area contributed by atoms with Crippen LogP contribution in [0.5, 0.6) is 23.0 Å². The van der Waals surface area contributed by atoms with Gasteiger partial charge in [-0.25, -0.2) is 0 Å². The number of nitrogens with two attached hydrogens (primary N) is 2. The second kappa shape index (κ2) is 9.29. The molecule has 0 heterocycles. The number of nitrogen functional groups attached to an aromatic ring is 2. The molecule has 0 saturated heterocycles. The minimum absolute atomic E-state index is 0.254. The van der Waals surface area contributed by atoms with Crippen molar-refractivity contribution in [2.24, 2.45) is 5.92 Å². The Hall–Kier alpha value is -3.92. The molecule has 168 valence electrons. The van der Waals surface area contributed by atoms with Crippen LogP contribution in [0.1, 0.15) is 31.9 Å². The fraction of sp³-hybridized carbons (Fsp3) is 0.172. The van der Waals surface area contributed by atoms with Crippen LogP contribution in [0.4, 0.5) is 11.4 Å². The maximum absolute atomic E-state index is 6.34. The summed E-state index contributed by atoms with van der Waals surface area (Å²) < 4.78 is 12.7. The third-order valence-corrected chi connectivity index (χ3v) is 6.26. The molecule has 4 heteroatoms. The number of hydrogen-bond acceptors (Lipinski definition) is 4. The van der Waals surface area contributed by atoms with Crippen molar-refractivity contribution in [3.05, 3.63) is 108 Å².